The molecule has 0 bridgehead atoms. The van der Waals surface area contributed by atoms with Crippen molar-refractivity contribution in [3.63, 3.8) is 0 Å². The van der Waals surface area contributed by atoms with Gasteiger partial charge in [-0.1, -0.05) is 30.7 Å². The van der Waals surface area contributed by atoms with Gasteiger partial charge in [-0.3, -0.25) is 0 Å². The van der Waals surface area contributed by atoms with Crippen LogP contribution in [0.4, 0.5) is 0 Å². The summed E-state index contributed by atoms with van der Waals surface area (Å²) < 4.78 is 26.7. The first-order valence-electron chi connectivity index (χ1n) is 7.03. The summed E-state index contributed by atoms with van der Waals surface area (Å²) in [6.45, 7) is 4.41. The molecule has 0 spiro atoms. The van der Waals surface area contributed by atoms with Gasteiger partial charge in [0.15, 0.2) is 0 Å². The Morgan fingerprint density at radius 2 is 2.10 bits per heavy atom. The SMILES string of the molecule is CC1(CNS(=O)(=O)/C=C/c2ccc(Cl)cc2)CCCNC1. The maximum absolute atomic E-state index is 12.0. The van der Waals surface area contributed by atoms with E-state index in [0.29, 0.717) is 11.6 Å². The molecule has 1 aliphatic rings. The zero-order chi connectivity index (χ0) is 15.3. The van der Waals surface area contributed by atoms with Crippen LogP contribution in [0, 0.1) is 5.41 Å². The minimum atomic E-state index is -3.42. The summed E-state index contributed by atoms with van der Waals surface area (Å²) in [6, 6.07) is 7.02. The summed E-state index contributed by atoms with van der Waals surface area (Å²) in [6.07, 6.45) is 3.68. The van der Waals surface area contributed by atoms with Crippen LogP contribution in [-0.4, -0.2) is 28.1 Å². The van der Waals surface area contributed by atoms with Gasteiger partial charge in [-0.05, 0) is 48.6 Å². The van der Waals surface area contributed by atoms with Crippen LogP contribution in [0.1, 0.15) is 25.3 Å². The van der Waals surface area contributed by atoms with E-state index in [1.807, 2.05) is 0 Å². The van der Waals surface area contributed by atoms with Crippen LogP contribution in [0.2, 0.25) is 5.02 Å². The van der Waals surface area contributed by atoms with Crippen molar-refractivity contribution >= 4 is 27.7 Å². The fraction of sp³-hybridized carbons (Fsp3) is 0.467. The molecule has 1 fully saturated rings. The highest BCUT2D eigenvalue weighted by atomic mass is 35.5. The molecule has 2 N–H and O–H groups in total. The van der Waals surface area contributed by atoms with Crippen LogP contribution >= 0.6 is 11.6 Å². The van der Waals surface area contributed by atoms with Crippen molar-refractivity contribution in [2.45, 2.75) is 19.8 Å². The topological polar surface area (TPSA) is 58.2 Å². The van der Waals surface area contributed by atoms with E-state index in [-0.39, 0.29) is 5.41 Å². The Labute approximate surface area is 131 Å². The first-order chi connectivity index (χ1) is 9.89. The van der Waals surface area contributed by atoms with Gasteiger partial charge < -0.3 is 5.32 Å². The Kier molecular flexibility index (Phi) is 5.43. The van der Waals surface area contributed by atoms with Gasteiger partial charge in [-0.25, -0.2) is 13.1 Å². The lowest BCUT2D eigenvalue weighted by molar-refractivity contribution is 0.239. The zero-order valence-electron chi connectivity index (χ0n) is 12.1. The third-order valence-electron chi connectivity index (χ3n) is 3.70. The number of benzene rings is 1. The molecular formula is C15H21ClN2O2S. The lowest BCUT2D eigenvalue weighted by atomic mass is 9.83. The fourth-order valence-corrected chi connectivity index (χ4v) is 3.44. The Hall–Kier alpha value is -0.880. The Morgan fingerprint density at radius 3 is 2.71 bits per heavy atom. The maximum atomic E-state index is 12.0. The normalized spacial score (nSPS) is 23.5. The van der Waals surface area contributed by atoms with Gasteiger partial charge in [0.25, 0.3) is 0 Å². The molecule has 0 radical (unpaired) electrons. The summed E-state index contributed by atoms with van der Waals surface area (Å²) >= 11 is 5.79. The Bertz CT molecular complexity index is 591. The van der Waals surface area contributed by atoms with Crippen molar-refractivity contribution < 1.29 is 8.42 Å². The molecule has 1 aliphatic heterocycles. The number of piperidine rings is 1. The van der Waals surface area contributed by atoms with Gasteiger partial charge in [0.2, 0.25) is 10.0 Å². The third kappa shape index (κ3) is 5.43. The highest BCUT2D eigenvalue weighted by Crippen LogP contribution is 2.24. The molecular weight excluding hydrogens is 308 g/mol. The predicted octanol–water partition coefficient (Wildman–Crippen LogP) is 2.62. The number of halogens is 1. The second-order valence-electron chi connectivity index (χ2n) is 5.81. The van der Waals surface area contributed by atoms with Gasteiger partial charge in [-0.15, -0.1) is 0 Å². The van der Waals surface area contributed by atoms with E-state index in [4.69, 9.17) is 11.6 Å². The molecule has 116 valence electrons. The Balaban J connectivity index is 1.93. The molecule has 0 saturated carbocycles. The lowest BCUT2D eigenvalue weighted by Crippen LogP contribution is -2.45. The molecule has 0 aliphatic carbocycles. The van der Waals surface area contributed by atoms with Crippen LogP contribution in [0.15, 0.2) is 29.7 Å². The van der Waals surface area contributed by atoms with Crippen LogP contribution < -0.4 is 10.0 Å². The molecule has 1 unspecified atom stereocenters. The van der Waals surface area contributed by atoms with Crippen LogP contribution in [0.5, 0.6) is 0 Å². The second kappa shape index (κ2) is 6.92. The molecule has 21 heavy (non-hydrogen) atoms. The van der Waals surface area contributed by atoms with Crippen LogP contribution in [0.25, 0.3) is 6.08 Å². The van der Waals surface area contributed by atoms with Gasteiger partial charge in [0.05, 0.1) is 0 Å². The number of rotatable bonds is 5. The molecule has 1 saturated heterocycles. The zero-order valence-corrected chi connectivity index (χ0v) is 13.7. The van der Waals surface area contributed by atoms with Crippen LogP contribution in [0.3, 0.4) is 0 Å². The van der Waals surface area contributed by atoms with Gasteiger partial charge in [0.1, 0.15) is 0 Å². The lowest BCUT2D eigenvalue weighted by Gasteiger charge is -2.33. The van der Waals surface area contributed by atoms with Crippen molar-refractivity contribution in [1.29, 1.82) is 0 Å². The maximum Gasteiger partial charge on any atom is 0.233 e. The first kappa shape index (κ1) is 16.5. The average Bonchev–Trinajstić information content (AvgIpc) is 2.46. The summed E-state index contributed by atoms with van der Waals surface area (Å²) in [5.74, 6) is 0. The van der Waals surface area contributed by atoms with E-state index in [1.165, 1.54) is 5.41 Å². The van der Waals surface area contributed by atoms with Crippen molar-refractivity contribution in [1.82, 2.24) is 10.0 Å². The number of sulfonamides is 1. The minimum absolute atomic E-state index is 0.0145. The summed E-state index contributed by atoms with van der Waals surface area (Å²) in [5, 5.41) is 5.14. The monoisotopic (exact) mass is 328 g/mol. The molecule has 6 heteroatoms. The molecule has 1 heterocycles. The number of nitrogens with one attached hydrogen (secondary N) is 2. The standard InChI is InChI=1S/C15H21ClN2O2S/c1-15(8-2-9-17-11-15)12-18-21(19,20)10-7-13-3-5-14(16)6-4-13/h3-7,10,17-18H,2,8-9,11-12H2,1H3/b10-7+. The second-order valence-corrected chi connectivity index (χ2v) is 7.90. The fourth-order valence-electron chi connectivity index (χ4n) is 2.33. The van der Waals surface area contributed by atoms with Gasteiger partial charge in [-0.2, -0.15) is 0 Å². The molecule has 4 nitrogen and oxygen atoms in total. The van der Waals surface area contributed by atoms with E-state index < -0.39 is 10.0 Å². The smallest absolute Gasteiger partial charge is 0.233 e. The Morgan fingerprint density at radius 1 is 1.38 bits per heavy atom. The quantitative estimate of drug-likeness (QED) is 0.873. The van der Waals surface area contributed by atoms with Gasteiger partial charge in [0, 0.05) is 23.5 Å². The first-order valence-corrected chi connectivity index (χ1v) is 8.95. The number of hydrogen-bond acceptors (Lipinski definition) is 3. The predicted molar refractivity (Wildman–Crippen MR) is 87.6 cm³/mol. The van der Waals surface area contributed by atoms with E-state index in [9.17, 15) is 8.42 Å². The average molecular weight is 329 g/mol. The van der Waals surface area contributed by atoms with Crippen molar-refractivity contribution in [2.75, 3.05) is 19.6 Å². The third-order valence-corrected chi connectivity index (χ3v) is 4.99. The molecule has 0 aromatic heterocycles. The highest BCUT2D eigenvalue weighted by molar-refractivity contribution is 7.92. The van der Waals surface area contributed by atoms with Gasteiger partial charge >= 0.3 is 0 Å². The molecule has 1 aromatic carbocycles. The van der Waals surface area contributed by atoms with Crippen LogP contribution in [-0.2, 0) is 10.0 Å². The largest absolute Gasteiger partial charge is 0.316 e. The van der Waals surface area contributed by atoms with Crippen molar-refractivity contribution in [3.05, 3.63) is 40.3 Å². The molecule has 0 amide bonds. The molecule has 2 rings (SSSR count). The van der Waals surface area contributed by atoms with E-state index >= 15 is 0 Å². The summed E-state index contributed by atoms with van der Waals surface area (Å²) in [4.78, 5) is 0. The molecule has 1 atom stereocenters. The summed E-state index contributed by atoms with van der Waals surface area (Å²) in [7, 11) is -3.42. The summed E-state index contributed by atoms with van der Waals surface area (Å²) in [5.41, 5.74) is 0.787. The van der Waals surface area contributed by atoms with Crippen molar-refractivity contribution in [2.24, 2.45) is 5.41 Å². The van der Waals surface area contributed by atoms with E-state index in [2.05, 4.69) is 17.0 Å². The number of hydrogen-bond donors (Lipinski definition) is 2. The minimum Gasteiger partial charge on any atom is -0.316 e. The highest BCUT2D eigenvalue weighted by Gasteiger charge is 2.27. The van der Waals surface area contributed by atoms with Crippen molar-refractivity contribution in [3.8, 4) is 0 Å². The van der Waals surface area contributed by atoms with E-state index in [0.717, 1.165) is 31.5 Å². The van der Waals surface area contributed by atoms with E-state index in [1.54, 1.807) is 30.3 Å². The molecule has 1 aromatic rings.